The van der Waals surface area contributed by atoms with Gasteiger partial charge in [0.25, 0.3) is 0 Å². The maximum atomic E-state index is 8.75. The Morgan fingerprint density at radius 1 is 1.75 bits per heavy atom. The Bertz CT molecular complexity index is 270. The van der Waals surface area contributed by atoms with Gasteiger partial charge in [-0.3, -0.25) is 0 Å². The number of thiazole rings is 1. The molecule has 12 heavy (non-hydrogen) atoms. The van der Waals surface area contributed by atoms with Crippen LogP contribution in [0.2, 0.25) is 0 Å². The number of thiocarbonyl (C=S) groups is 1. The second kappa shape index (κ2) is 4.52. The summed E-state index contributed by atoms with van der Waals surface area (Å²) >= 11 is 6.22. The van der Waals surface area contributed by atoms with Crippen molar-refractivity contribution in [2.24, 2.45) is 0 Å². The summed E-state index contributed by atoms with van der Waals surface area (Å²) in [6, 6.07) is 0. The first-order valence-electron chi connectivity index (χ1n) is 3.81. The Labute approximate surface area is 81.3 Å². The average Bonchev–Trinajstić information content (AvgIpc) is 2.35. The second-order valence-electron chi connectivity index (χ2n) is 2.63. The molecule has 0 spiro atoms. The van der Waals surface area contributed by atoms with Gasteiger partial charge in [0.1, 0.15) is 0 Å². The Balaban J connectivity index is 2.29. The molecule has 1 rings (SSSR count). The zero-order chi connectivity index (χ0) is 8.97. The fourth-order valence-electron chi connectivity index (χ4n) is 0.908. The highest BCUT2D eigenvalue weighted by Crippen LogP contribution is 2.11. The molecule has 0 saturated carbocycles. The standard InChI is InChI=1S/C8H11NOS2/c1-6-5-12-7(9-6)3-2-4-8(10)11/h5H,2-4H2,1H3,(H,10,11). The highest BCUT2D eigenvalue weighted by Gasteiger charge is 1.99. The van der Waals surface area contributed by atoms with Crippen molar-refractivity contribution in [1.82, 2.24) is 4.98 Å². The lowest BCUT2D eigenvalue weighted by atomic mass is 10.2. The number of aryl methyl sites for hydroxylation is 2. The van der Waals surface area contributed by atoms with E-state index in [0.717, 1.165) is 23.5 Å². The third-order valence-electron chi connectivity index (χ3n) is 1.45. The van der Waals surface area contributed by atoms with Crippen LogP contribution >= 0.6 is 23.6 Å². The normalized spacial score (nSPS) is 10.1. The van der Waals surface area contributed by atoms with Crippen molar-refractivity contribution >= 4 is 28.6 Å². The third kappa shape index (κ3) is 3.28. The molecule has 1 heterocycles. The van der Waals surface area contributed by atoms with Crippen molar-refractivity contribution in [3.05, 3.63) is 16.1 Å². The van der Waals surface area contributed by atoms with Gasteiger partial charge in [-0.15, -0.1) is 11.3 Å². The van der Waals surface area contributed by atoms with E-state index in [-0.39, 0.29) is 5.05 Å². The summed E-state index contributed by atoms with van der Waals surface area (Å²) in [5, 5.41) is 12.0. The van der Waals surface area contributed by atoms with E-state index in [2.05, 4.69) is 17.2 Å². The van der Waals surface area contributed by atoms with Gasteiger partial charge < -0.3 is 5.11 Å². The fraction of sp³-hybridized carbons (Fsp3) is 0.500. The first-order chi connectivity index (χ1) is 5.68. The first kappa shape index (κ1) is 9.61. The second-order valence-corrected chi connectivity index (χ2v) is 4.04. The zero-order valence-corrected chi connectivity index (χ0v) is 8.54. The van der Waals surface area contributed by atoms with Crippen molar-refractivity contribution in [2.45, 2.75) is 26.2 Å². The number of aromatic nitrogens is 1. The van der Waals surface area contributed by atoms with E-state index in [4.69, 9.17) is 5.11 Å². The van der Waals surface area contributed by atoms with Gasteiger partial charge in [-0.2, -0.15) is 0 Å². The van der Waals surface area contributed by atoms with Crippen LogP contribution in [0.3, 0.4) is 0 Å². The van der Waals surface area contributed by atoms with E-state index >= 15 is 0 Å². The van der Waals surface area contributed by atoms with Crippen LogP contribution in [0.25, 0.3) is 0 Å². The van der Waals surface area contributed by atoms with E-state index in [1.165, 1.54) is 0 Å². The molecule has 4 heteroatoms. The molecule has 1 aromatic heterocycles. The number of nitrogens with zero attached hydrogens (tertiary/aromatic N) is 1. The van der Waals surface area contributed by atoms with E-state index < -0.39 is 0 Å². The topological polar surface area (TPSA) is 33.1 Å². The first-order valence-corrected chi connectivity index (χ1v) is 5.10. The monoisotopic (exact) mass is 201 g/mol. The van der Waals surface area contributed by atoms with Crippen molar-refractivity contribution in [3.8, 4) is 0 Å². The number of aliphatic hydroxyl groups is 1. The molecule has 0 bridgehead atoms. The number of hydrogen-bond donors (Lipinski definition) is 1. The van der Waals surface area contributed by atoms with Gasteiger partial charge >= 0.3 is 0 Å². The minimum absolute atomic E-state index is 0.100. The largest absolute Gasteiger partial charge is 0.502 e. The Hall–Kier alpha value is -0.480. The SMILES string of the molecule is Cc1csc(CCCC(O)=S)n1. The van der Waals surface area contributed by atoms with Gasteiger partial charge in [0.15, 0.2) is 5.05 Å². The van der Waals surface area contributed by atoms with Crippen LogP contribution in [0.5, 0.6) is 0 Å². The van der Waals surface area contributed by atoms with Gasteiger partial charge in [0, 0.05) is 17.5 Å². The lowest BCUT2D eigenvalue weighted by molar-refractivity contribution is 0.543. The van der Waals surface area contributed by atoms with Crippen LogP contribution in [0.15, 0.2) is 5.38 Å². The molecule has 0 atom stereocenters. The molecule has 0 fully saturated rings. The summed E-state index contributed by atoms with van der Waals surface area (Å²) in [4.78, 5) is 4.30. The van der Waals surface area contributed by atoms with Crippen LogP contribution < -0.4 is 0 Å². The van der Waals surface area contributed by atoms with Gasteiger partial charge in [-0.1, -0.05) is 0 Å². The molecule has 0 aliphatic heterocycles. The molecule has 0 aromatic carbocycles. The van der Waals surface area contributed by atoms with Crippen LogP contribution in [0.1, 0.15) is 23.5 Å². The Kier molecular flexibility index (Phi) is 3.62. The van der Waals surface area contributed by atoms with E-state index in [1.54, 1.807) is 11.3 Å². The molecule has 0 aliphatic rings. The fourth-order valence-corrected chi connectivity index (χ4v) is 1.87. The molecule has 2 nitrogen and oxygen atoms in total. The maximum absolute atomic E-state index is 8.75. The quantitative estimate of drug-likeness (QED) is 0.760. The van der Waals surface area contributed by atoms with Crippen molar-refractivity contribution in [1.29, 1.82) is 0 Å². The highest BCUT2D eigenvalue weighted by molar-refractivity contribution is 7.80. The van der Waals surface area contributed by atoms with Crippen LogP contribution in [-0.2, 0) is 6.42 Å². The van der Waals surface area contributed by atoms with Crippen molar-refractivity contribution in [2.75, 3.05) is 0 Å². The summed E-state index contributed by atoms with van der Waals surface area (Å²) in [5.74, 6) is 0. The maximum Gasteiger partial charge on any atom is 0.156 e. The molecule has 0 radical (unpaired) electrons. The molecular weight excluding hydrogens is 190 g/mol. The zero-order valence-electron chi connectivity index (χ0n) is 6.91. The highest BCUT2D eigenvalue weighted by atomic mass is 32.1. The van der Waals surface area contributed by atoms with Gasteiger partial charge in [0.05, 0.1) is 5.01 Å². The average molecular weight is 201 g/mol. The summed E-state index contributed by atoms with van der Waals surface area (Å²) < 4.78 is 0. The summed E-state index contributed by atoms with van der Waals surface area (Å²) in [6.07, 6.45) is 2.41. The van der Waals surface area contributed by atoms with Gasteiger partial charge in [-0.05, 0) is 32.0 Å². The summed E-state index contributed by atoms with van der Waals surface area (Å²) in [7, 11) is 0. The van der Waals surface area contributed by atoms with E-state index in [0.29, 0.717) is 6.42 Å². The predicted molar refractivity (Wildman–Crippen MR) is 55.0 cm³/mol. The summed E-state index contributed by atoms with van der Waals surface area (Å²) in [6.45, 7) is 1.98. The van der Waals surface area contributed by atoms with E-state index in [9.17, 15) is 0 Å². The number of aliphatic hydroxyl groups excluding tert-OH is 1. The van der Waals surface area contributed by atoms with Crippen LogP contribution in [0, 0.1) is 6.92 Å². The van der Waals surface area contributed by atoms with Crippen LogP contribution in [-0.4, -0.2) is 15.1 Å². The van der Waals surface area contributed by atoms with E-state index in [1.807, 2.05) is 12.3 Å². The third-order valence-corrected chi connectivity index (χ3v) is 2.68. The molecule has 0 amide bonds. The summed E-state index contributed by atoms with van der Waals surface area (Å²) in [5.41, 5.74) is 1.07. The molecule has 0 saturated heterocycles. The molecule has 0 unspecified atom stereocenters. The minimum atomic E-state index is 0.100. The Morgan fingerprint density at radius 2 is 2.50 bits per heavy atom. The molecule has 1 aromatic rings. The number of hydrogen-bond acceptors (Lipinski definition) is 3. The minimum Gasteiger partial charge on any atom is -0.502 e. The molecule has 0 aliphatic carbocycles. The van der Waals surface area contributed by atoms with Crippen LogP contribution in [0.4, 0.5) is 0 Å². The Morgan fingerprint density at radius 3 is 3.00 bits per heavy atom. The molecule has 1 N–H and O–H groups in total. The van der Waals surface area contributed by atoms with Crippen molar-refractivity contribution in [3.63, 3.8) is 0 Å². The molecular formula is C8H11NOS2. The lowest BCUT2D eigenvalue weighted by Gasteiger charge is -1.94. The lowest BCUT2D eigenvalue weighted by Crippen LogP contribution is -1.93. The van der Waals surface area contributed by atoms with Gasteiger partial charge in [0.2, 0.25) is 0 Å². The predicted octanol–water partition coefficient (Wildman–Crippen LogP) is 2.66. The smallest absolute Gasteiger partial charge is 0.156 e. The molecule has 66 valence electrons. The number of rotatable bonds is 4. The van der Waals surface area contributed by atoms with Crippen molar-refractivity contribution < 1.29 is 5.11 Å². The van der Waals surface area contributed by atoms with Gasteiger partial charge in [-0.25, -0.2) is 4.98 Å².